The number of ether oxygens (including phenoxy) is 3. The molecule has 0 amide bonds. The molecule has 156 valence electrons. The van der Waals surface area contributed by atoms with Crippen LogP contribution in [0.5, 0.6) is 0 Å². The van der Waals surface area contributed by atoms with Crippen LogP contribution in [-0.4, -0.2) is 63.4 Å². The topological polar surface area (TPSA) is 166 Å². The third kappa shape index (κ3) is 3.43. The zero-order valence-electron chi connectivity index (χ0n) is 15.4. The predicted octanol–water partition coefficient (Wildman–Crippen LogP) is -0.116. The summed E-state index contributed by atoms with van der Waals surface area (Å²) in [6.07, 6.45) is -3.70. The first-order valence-electron chi connectivity index (χ1n) is 8.57. The molecular formula is C18H19NO10. The van der Waals surface area contributed by atoms with Crippen molar-refractivity contribution in [3.05, 3.63) is 51.8 Å². The van der Waals surface area contributed by atoms with E-state index < -0.39 is 52.8 Å². The summed E-state index contributed by atoms with van der Waals surface area (Å²) in [6.45, 7) is 1.24. The second-order valence-corrected chi connectivity index (χ2v) is 6.99. The van der Waals surface area contributed by atoms with Gasteiger partial charge < -0.3 is 29.5 Å². The van der Waals surface area contributed by atoms with Crippen molar-refractivity contribution in [1.29, 1.82) is 0 Å². The van der Waals surface area contributed by atoms with E-state index in [4.69, 9.17) is 9.47 Å². The van der Waals surface area contributed by atoms with E-state index in [1.807, 2.05) is 0 Å². The molecule has 3 N–H and O–H groups in total. The lowest BCUT2D eigenvalue weighted by molar-refractivity contribution is -0.384. The van der Waals surface area contributed by atoms with Crippen molar-refractivity contribution < 1.29 is 44.0 Å². The predicted molar refractivity (Wildman–Crippen MR) is 93.1 cm³/mol. The molecule has 6 atom stereocenters. The monoisotopic (exact) mass is 409 g/mol. The number of aliphatic hydroxyl groups excluding tert-OH is 2. The molecule has 3 rings (SSSR count). The van der Waals surface area contributed by atoms with E-state index in [0.717, 1.165) is 25.5 Å². The second-order valence-electron chi connectivity index (χ2n) is 6.99. The Bertz CT molecular complexity index is 862. The normalized spacial score (nSPS) is 33.1. The quantitative estimate of drug-likeness (QED) is 0.347. The van der Waals surface area contributed by atoms with Crippen molar-refractivity contribution in [2.24, 2.45) is 11.8 Å². The number of non-ortho nitro benzene ring substituents is 1. The summed E-state index contributed by atoms with van der Waals surface area (Å²) in [5, 5.41) is 42.5. The standard InChI is InChI=1S/C18H19NO10/c1-18(24)12-11(10(16(22)27-2)7-28-17(12)23)13(20)14(18)29-15(21)8-3-5-9(6-4-8)19(25)26/h3-7,11-14,17,20,23-24H,1-2H3/t11-,12-,13+,14+,17?,18-/m1/s1. The van der Waals surface area contributed by atoms with E-state index in [9.17, 15) is 35.0 Å². The molecule has 1 fully saturated rings. The molecule has 11 heteroatoms. The number of methoxy groups -OCH3 is 1. The molecule has 1 unspecified atom stereocenters. The molecule has 0 radical (unpaired) electrons. The maximum Gasteiger partial charge on any atom is 0.338 e. The molecule has 1 aliphatic carbocycles. The van der Waals surface area contributed by atoms with Gasteiger partial charge in [-0.1, -0.05) is 0 Å². The Hall–Kier alpha value is -3.02. The van der Waals surface area contributed by atoms with Gasteiger partial charge in [-0.15, -0.1) is 0 Å². The van der Waals surface area contributed by atoms with Crippen LogP contribution in [0, 0.1) is 22.0 Å². The van der Waals surface area contributed by atoms with Gasteiger partial charge in [-0.3, -0.25) is 10.1 Å². The Morgan fingerprint density at radius 3 is 2.38 bits per heavy atom. The summed E-state index contributed by atoms with van der Waals surface area (Å²) < 4.78 is 14.9. The highest BCUT2D eigenvalue weighted by Gasteiger charge is 2.65. The molecule has 0 bridgehead atoms. The van der Waals surface area contributed by atoms with E-state index in [-0.39, 0.29) is 16.8 Å². The summed E-state index contributed by atoms with van der Waals surface area (Å²) in [4.78, 5) is 34.5. The lowest BCUT2D eigenvalue weighted by atomic mass is 9.81. The van der Waals surface area contributed by atoms with Crippen LogP contribution in [0.2, 0.25) is 0 Å². The van der Waals surface area contributed by atoms with Gasteiger partial charge in [-0.25, -0.2) is 9.59 Å². The molecule has 1 heterocycles. The van der Waals surface area contributed by atoms with Crippen LogP contribution in [0.3, 0.4) is 0 Å². The Morgan fingerprint density at radius 2 is 1.83 bits per heavy atom. The van der Waals surface area contributed by atoms with E-state index in [0.29, 0.717) is 0 Å². The van der Waals surface area contributed by atoms with Crippen molar-refractivity contribution in [3.8, 4) is 0 Å². The van der Waals surface area contributed by atoms with Crippen LogP contribution >= 0.6 is 0 Å². The van der Waals surface area contributed by atoms with Crippen LogP contribution in [-0.2, 0) is 19.0 Å². The number of nitro benzene ring substituents is 1. The molecule has 29 heavy (non-hydrogen) atoms. The largest absolute Gasteiger partial charge is 0.472 e. The average Bonchev–Trinajstić information content (AvgIpc) is 2.89. The van der Waals surface area contributed by atoms with Gasteiger partial charge in [0.25, 0.3) is 5.69 Å². The molecule has 0 aromatic heterocycles. The number of aliphatic hydroxyl groups is 3. The van der Waals surface area contributed by atoms with Gasteiger partial charge in [0.1, 0.15) is 11.7 Å². The van der Waals surface area contributed by atoms with Crippen LogP contribution in [0.1, 0.15) is 17.3 Å². The van der Waals surface area contributed by atoms with Crippen molar-refractivity contribution in [1.82, 2.24) is 0 Å². The molecule has 0 spiro atoms. The van der Waals surface area contributed by atoms with Crippen molar-refractivity contribution >= 4 is 17.6 Å². The minimum atomic E-state index is -1.96. The first kappa shape index (κ1) is 20.7. The number of fused-ring (bicyclic) bond motifs is 1. The number of hydrogen-bond acceptors (Lipinski definition) is 10. The molecule has 1 saturated carbocycles. The Balaban J connectivity index is 1.88. The number of rotatable bonds is 4. The molecular weight excluding hydrogens is 390 g/mol. The van der Waals surface area contributed by atoms with Gasteiger partial charge in [0.2, 0.25) is 6.29 Å². The van der Waals surface area contributed by atoms with E-state index in [1.54, 1.807) is 0 Å². The van der Waals surface area contributed by atoms with E-state index >= 15 is 0 Å². The fourth-order valence-corrected chi connectivity index (χ4v) is 3.84. The molecule has 1 aromatic rings. The van der Waals surface area contributed by atoms with Gasteiger partial charge in [0.05, 0.1) is 35.3 Å². The number of carbonyl (C=O) groups excluding carboxylic acids is 2. The van der Waals surface area contributed by atoms with Gasteiger partial charge in [-0.2, -0.15) is 0 Å². The maximum atomic E-state index is 12.5. The van der Waals surface area contributed by atoms with Crippen LogP contribution in [0.4, 0.5) is 5.69 Å². The molecule has 2 aliphatic rings. The van der Waals surface area contributed by atoms with Crippen LogP contribution < -0.4 is 0 Å². The number of hydrogen-bond donors (Lipinski definition) is 3. The Morgan fingerprint density at radius 1 is 1.21 bits per heavy atom. The fourth-order valence-electron chi connectivity index (χ4n) is 3.84. The molecule has 11 nitrogen and oxygen atoms in total. The molecule has 1 aromatic carbocycles. The zero-order chi connectivity index (χ0) is 21.5. The summed E-state index contributed by atoms with van der Waals surface area (Å²) in [7, 11) is 1.12. The van der Waals surface area contributed by atoms with Crippen molar-refractivity contribution in [2.75, 3.05) is 7.11 Å². The number of nitro groups is 1. The van der Waals surface area contributed by atoms with E-state index in [1.165, 1.54) is 19.1 Å². The summed E-state index contributed by atoms with van der Waals surface area (Å²) >= 11 is 0. The smallest absolute Gasteiger partial charge is 0.338 e. The number of esters is 2. The SMILES string of the molecule is COC(=O)C1=COC(O)[C@H]2[C@@H]1[C@H](O)[C@H](OC(=O)c1ccc([N+](=O)[O-])cc1)[C@]2(C)O. The van der Waals surface area contributed by atoms with Gasteiger partial charge in [-0.05, 0) is 19.1 Å². The summed E-state index contributed by atoms with van der Waals surface area (Å²) in [6, 6.07) is 4.55. The summed E-state index contributed by atoms with van der Waals surface area (Å²) in [5.41, 5.74) is -2.36. The number of nitrogens with zero attached hydrogens (tertiary/aromatic N) is 1. The van der Waals surface area contributed by atoms with Crippen LogP contribution in [0.15, 0.2) is 36.1 Å². The second kappa shape index (κ2) is 7.43. The van der Waals surface area contributed by atoms with Crippen LogP contribution in [0.25, 0.3) is 0 Å². The third-order valence-corrected chi connectivity index (χ3v) is 5.29. The third-order valence-electron chi connectivity index (χ3n) is 5.29. The van der Waals surface area contributed by atoms with Crippen molar-refractivity contribution in [2.45, 2.75) is 31.0 Å². The van der Waals surface area contributed by atoms with Gasteiger partial charge in [0, 0.05) is 18.1 Å². The first-order valence-corrected chi connectivity index (χ1v) is 8.57. The molecule has 0 saturated heterocycles. The Kier molecular flexibility index (Phi) is 5.30. The number of carbonyl (C=O) groups is 2. The zero-order valence-corrected chi connectivity index (χ0v) is 15.4. The molecule has 1 aliphatic heterocycles. The minimum Gasteiger partial charge on any atom is -0.472 e. The first-order chi connectivity index (χ1) is 13.6. The fraction of sp³-hybridized carbons (Fsp3) is 0.444. The number of benzene rings is 1. The minimum absolute atomic E-state index is 0.0472. The lowest BCUT2D eigenvalue weighted by Crippen LogP contribution is -2.49. The lowest BCUT2D eigenvalue weighted by Gasteiger charge is -2.36. The summed E-state index contributed by atoms with van der Waals surface area (Å²) in [5.74, 6) is -4.09. The average molecular weight is 409 g/mol. The van der Waals surface area contributed by atoms with Gasteiger partial charge >= 0.3 is 11.9 Å². The van der Waals surface area contributed by atoms with E-state index in [2.05, 4.69) is 4.74 Å². The van der Waals surface area contributed by atoms with Crippen molar-refractivity contribution in [3.63, 3.8) is 0 Å². The Labute approximate surface area is 164 Å². The highest BCUT2D eigenvalue weighted by Crippen LogP contribution is 2.49. The maximum absolute atomic E-state index is 12.5. The highest BCUT2D eigenvalue weighted by atomic mass is 16.6. The van der Waals surface area contributed by atoms with Gasteiger partial charge in [0.15, 0.2) is 6.10 Å². The highest BCUT2D eigenvalue weighted by molar-refractivity contribution is 5.90.